The molecule has 0 atom stereocenters. The van der Waals surface area contributed by atoms with Gasteiger partial charge in [0.2, 0.25) is 5.88 Å². The molecule has 0 spiro atoms. The van der Waals surface area contributed by atoms with Crippen LogP contribution in [0.5, 0.6) is 5.88 Å². The molecule has 1 aromatic carbocycles. The van der Waals surface area contributed by atoms with Crippen molar-refractivity contribution in [2.45, 2.75) is 20.3 Å². The predicted octanol–water partition coefficient (Wildman–Crippen LogP) is 4.16. The SMILES string of the molecule is CCN(CC)CCCOc1ccc2ncc(-c3ccc(Cl)cc3)n2n1. The van der Waals surface area contributed by atoms with Crippen LogP contribution in [0.25, 0.3) is 16.9 Å². The minimum Gasteiger partial charge on any atom is -0.477 e. The average Bonchev–Trinajstić information content (AvgIpc) is 3.06. The van der Waals surface area contributed by atoms with Crippen LogP contribution < -0.4 is 4.74 Å². The zero-order valence-corrected chi connectivity index (χ0v) is 15.4. The number of hydrogen-bond donors (Lipinski definition) is 0. The van der Waals surface area contributed by atoms with Crippen molar-refractivity contribution in [2.75, 3.05) is 26.2 Å². The summed E-state index contributed by atoms with van der Waals surface area (Å²) in [5, 5.41) is 5.29. The van der Waals surface area contributed by atoms with E-state index >= 15 is 0 Å². The molecule has 0 aliphatic carbocycles. The fourth-order valence-electron chi connectivity index (χ4n) is 2.76. The van der Waals surface area contributed by atoms with Crippen molar-refractivity contribution in [1.82, 2.24) is 19.5 Å². The van der Waals surface area contributed by atoms with Crippen LogP contribution in [0, 0.1) is 0 Å². The molecule has 0 aliphatic heterocycles. The molecule has 5 nitrogen and oxygen atoms in total. The van der Waals surface area contributed by atoms with Gasteiger partial charge in [0.1, 0.15) is 0 Å². The first-order chi connectivity index (χ1) is 12.2. The number of halogens is 1. The highest BCUT2D eigenvalue weighted by Crippen LogP contribution is 2.23. The van der Waals surface area contributed by atoms with Crippen molar-refractivity contribution in [3.8, 4) is 17.1 Å². The molecular weight excluding hydrogens is 336 g/mol. The van der Waals surface area contributed by atoms with Gasteiger partial charge in [-0.15, -0.1) is 5.10 Å². The molecule has 0 bridgehead atoms. The molecule has 25 heavy (non-hydrogen) atoms. The van der Waals surface area contributed by atoms with Crippen molar-refractivity contribution in [1.29, 1.82) is 0 Å². The van der Waals surface area contributed by atoms with Crippen LogP contribution in [-0.2, 0) is 0 Å². The summed E-state index contributed by atoms with van der Waals surface area (Å²) in [5.74, 6) is 0.611. The minimum atomic E-state index is 0.611. The first-order valence-corrected chi connectivity index (χ1v) is 9.05. The van der Waals surface area contributed by atoms with Gasteiger partial charge in [-0.05, 0) is 37.7 Å². The largest absolute Gasteiger partial charge is 0.477 e. The first kappa shape index (κ1) is 17.7. The van der Waals surface area contributed by atoms with Crippen molar-refractivity contribution < 1.29 is 4.74 Å². The Kier molecular flexibility index (Phi) is 5.89. The Bertz CT molecular complexity index is 812. The molecule has 6 heteroatoms. The van der Waals surface area contributed by atoms with Gasteiger partial charge in [-0.3, -0.25) is 0 Å². The van der Waals surface area contributed by atoms with E-state index < -0.39 is 0 Å². The smallest absolute Gasteiger partial charge is 0.231 e. The summed E-state index contributed by atoms with van der Waals surface area (Å²) < 4.78 is 7.63. The Morgan fingerprint density at radius 2 is 1.84 bits per heavy atom. The maximum Gasteiger partial charge on any atom is 0.231 e. The fraction of sp³-hybridized carbons (Fsp3) is 0.368. The van der Waals surface area contributed by atoms with Crippen LogP contribution in [0.2, 0.25) is 5.02 Å². The fourth-order valence-corrected chi connectivity index (χ4v) is 2.88. The summed E-state index contributed by atoms with van der Waals surface area (Å²) in [6, 6.07) is 11.4. The van der Waals surface area contributed by atoms with E-state index in [9.17, 15) is 0 Å². The van der Waals surface area contributed by atoms with Gasteiger partial charge in [-0.1, -0.05) is 37.6 Å². The highest BCUT2D eigenvalue weighted by atomic mass is 35.5. The van der Waals surface area contributed by atoms with E-state index in [-0.39, 0.29) is 0 Å². The average molecular weight is 359 g/mol. The van der Waals surface area contributed by atoms with Crippen LogP contribution in [-0.4, -0.2) is 45.7 Å². The molecule has 0 saturated carbocycles. The van der Waals surface area contributed by atoms with Gasteiger partial charge in [0, 0.05) is 23.2 Å². The number of fused-ring (bicyclic) bond motifs is 1. The van der Waals surface area contributed by atoms with Crippen LogP contribution in [0.3, 0.4) is 0 Å². The van der Waals surface area contributed by atoms with Crippen LogP contribution >= 0.6 is 11.6 Å². The third-order valence-corrected chi connectivity index (χ3v) is 4.49. The lowest BCUT2D eigenvalue weighted by Crippen LogP contribution is -2.25. The lowest BCUT2D eigenvalue weighted by molar-refractivity contribution is 0.242. The highest BCUT2D eigenvalue weighted by Gasteiger charge is 2.09. The topological polar surface area (TPSA) is 42.7 Å². The number of nitrogens with zero attached hydrogens (tertiary/aromatic N) is 4. The van der Waals surface area contributed by atoms with Crippen LogP contribution in [0.1, 0.15) is 20.3 Å². The highest BCUT2D eigenvalue weighted by molar-refractivity contribution is 6.30. The van der Waals surface area contributed by atoms with Gasteiger partial charge in [0.25, 0.3) is 0 Å². The van der Waals surface area contributed by atoms with E-state index in [1.54, 1.807) is 0 Å². The lowest BCUT2D eigenvalue weighted by Gasteiger charge is -2.17. The van der Waals surface area contributed by atoms with Crippen molar-refractivity contribution in [3.05, 3.63) is 47.6 Å². The Balaban J connectivity index is 1.71. The second-order valence-electron chi connectivity index (χ2n) is 5.82. The summed E-state index contributed by atoms with van der Waals surface area (Å²) >= 11 is 5.97. The molecule has 0 radical (unpaired) electrons. The molecule has 0 aliphatic rings. The maximum absolute atomic E-state index is 5.97. The predicted molar refractivity (Wildman–Crippen MR) is 101 cm³/mol. The number of imidazole rings is 1. The molecule has 132 valence electrons. The molecule has 2 aromatic heterocycles. The summed E-state index contributed by atoms with van der Waals surface area (Å²) in [6.07, 6.45) is 2.80. The van der Waals surface area contributed by atoms with E-state index in [0.717, 1.165) is 43.0 Å². The number of rotatable bonds is 8. The van der Waals surface area contributed by atoms with Gasteiger partial charge in [0.05, 0.1) is 18.5 Å². The second kappa shape index (κ2) is 8.32. The minimum absolute atomic E-state index is 0.611. The quantitative estimate of drug-likeness (QED) is 0.567. The lowest BCUT2D eigenvalue weighted by atomic mass is 10.2. The van der Waals surface area contributed by atoms with Gasteiger partial charge in [-0.2, -0.15) is 0 Å². The van der Waals surface area contributed by atoms with Crippen molar-refractivity contribution >= 4 is 17.2 Å². The molecule has 0 N–H and O–H groups in total. The third-order valence-electron chi connectivity index (χ3n) is 4.24. The van der Waals surface area contributed by atoms with Gasteiger partial charge >= 0.3 is 0 Å². The second-order valence-corrected chi connectivity index (χ2v) is 6.26. The van der Waals surface area contributed by atoms with Gasteiger partial charge in [0.15, 0.2) is 5.65 Å². The summed E-state index contributed by atoms with van der Waals surface area (Å²) in [5.41, 5.74) is 2.73. The van der Waals surface area contributed by atoms with E-state index in [4.69, 9.17) is 16.3 Å². The molecule has 3 rings (SSSR count). The molecule has 0 fully saturated rings. The molecule has 2 heterocycles. The summed E-state index contributed by atoms with van der Waals surface area (Å²) in [4.78, 5) is 6.79. The van der Waals surface area contributed by atoms with Crippen LogP contribution in [0.4, 0.5) is 0 Å². The zero-order valence-electron chi connectivity index (χ0n) is 14.7. The van der Waals surface area contributed by atoms with Crippen molar-refractivity contribution in [2.24, 2.45) is 0 Å². The standard InChI is InChI=1S/C19H23ClN4O/c1-3-23(4-2)12-5-13-25-19-11-10-18-21-14-17(24(18)22-19)15-6-8-16(20)9-7-15/h6-11,14H,3-5,12-13H2,1-2H3. The molecule has 0 amide bonds. The molecule has 0 saturated heterocycles. The summed E-state index contributed by atoms with van der Waals surface area (Å²) in [7, 11) is 0. The Hall–Kier alpha value is -2.11. The number of hydrogen-bond acceptors (Lipinski definition) is 4. The number of aromatic nitrogens is 3. The zero-order chi connectivity index (χ0) is 17.6. The number of ether oxygens (including phenoxy) is 1. The Morgan fingerprint density at radius 1 is 1.08 bits per heavy atom. The van der Waals surface area contributed by atoms with E-state index in [1.165, 1.54) is 0 Å². The van der Waals surface area contributed by atoms with E-state index in [0.29, 0.717) is 17.5 Å². The van der Waals surface area contributed by atoms with Gasteiger partial charge < -0.3 is 9.64 Å². The number of benzene rings is 1. The normalized spacial score (nSPS) is 11.4. The van der Waals surface area contributed by atoms with Gasteiger partial charge in [-0.25, -0.2) is 9.50 Å². The van der Waals surface area contributed by atoms with E-state index in [1.807, 2.05) is 47.1 Å². The Labute approximate surface area is 153 Å². The maximum atomic E-state index is 5.97. The van der Waals surface area contributed by atoms with Crippen LogP contribution in [0.15, 0.2) is 42.6 Å². The molecule has 0 unspecified atom stereocenters. The van der Waals surface area contributed by atoms with E-state index in [2.05, 4.69) is 28.8 Å². The first-order valence-electron chi connectivity index (χ1n) is 8.67. The van der Waals surface area contributed by atoms with Crippen molar-refractivity contribution in [3.63, 3.8) is 0 Å². The monoisotopic (exact) mass is 358 g/mol. The molecular formula is C19H23ClN4O. The summed E-state index contributed by atoms with van der Waals surface area (Å²) in [6.45, 7) is 8.19. The third kappa shape index (κ3) is 4.30. The molecule has 3 aromatic rings. The Morgan fingerprint density at radius 3 is 2.56 bits per heavy atom.